The van der Waals surface area contributed by atoms with E-state index in [9.17, 15) is 4.79 Å². The maximum absolute atomic E-state index is 12.5. The minimum absolute atomic E-state index is 0.280. The van der Waals surface area contributed by atoms with Gasteiger partial charge < -0.3 is 0 Å². The number of aryl methyl sites for hydroxylation is 1. The molecule has 2 aromatic heterocycles. The number of carbonyl (C=O) groups is 1. The molecule has 0 aliphatic heterocycles. The highest BCUT2D eigenvalue weighted by molar-refractivity contribution is 7.15. The lowest BCUT2D eigenvalue weighted by atomic mass is 10.1. The third-order valence-corrected chi connectivity index (χ3v) is 4.49. The second kappa shape index (κ2) is 7.10. The molecule has 0 fully saturated rings. The fourth-order valence-corrected chi connectivity index (χ4v) is 3.38. The summed E-state index contributed by atoms with van der Waals surface area (Å²) in [6.07, 6.45) is 0.843. The number of benzene rings is 1. The van der Waals surface area contributed by atoms with Gasteiger partial charge in [0.25, 0.3) is 5.91 Å². The molecule has 1 N–H and O–H groups in total. The van der Waals surface area contributed by atoms with Gasteiger partial charge in [-0.05, 0) is 37.5 Å². The summed E-state index contributed by atoms with van der Waals surface area (Å²) in [5.74, 6) is 0.164. The Morgan fingerprint density at radius 1 is 1.24 bits per heavy atom. The van der Waals surface area contributed by atoms with Crippen molar-refractivity contribution in [1.29, 1.82) is 0 Å². The van der Waals surface area contributed by atoms with Gasteiger partial charge in [-0.2, -0.15) is 0 Å². The quantitative estimate of drug-likeness (QED) is 0.759. The predicted octanol–water partition coefficient (Wildman–Crippen LogP) is 3.19. The van der Waals surface area contributed by atoms with Crippen LogP contribution in [0.25, 0.3) is 5.69 Å². The third-order valence-electron chi connectivity index (χ3n) is 3.63. The first-order valence-corrected chi connectivity index (χ1v) is 8.88. The molecule has 8 heteroatoms. The second-order valence-electron chi connectivity index (χ2n) is 6.33. The first kappa shape index (κ1) is 17.2. The molecule has 25 heavy (non-hydrogen) atoms. The lowest BCUT2D eigenvalue weighted by Crippen LogP contribution is -2.14. The Morgan fingerprint density at radius 2 is 2.04 bits per heavy atom. The molecule has 1 amide bonds. The summed E-state index contributed by atoms with van der Waals surface area (Å²) in [5, 5.41) is 20.4. The van der Waals surface area contributed by atoms with Crippen molar-refractivity contribution in [3.63, 3.8) is 0 Å². The zero-order valence-electron chi connectivity index (χ0n) is 14.6. The minimum atomic E-state index is -0.330. The molecule has 2 heterocycles. The van der Waals surface area contributed by atoms with Crippen LogP contribution < -0.4 is 5.32 Å². The molecule has 1 aromatic carbocycles. The molecule has 0 aliphatic carbocycles. The monoisotopic (exact) mass is 356 g/mol. The normalized spacial score (nSPS) is 11.1. The van der Waals surface area contributed by atoms with Crippen LogP contribution >= 0.6 is 11.3 Å². The summed E-state index contributed by atoms with van der Waals surface area (Å²) in [6, 6.07) is 7.88. The van der Waals surface area contributed by atoms with Crippen molar-refractivity contribution in [1.82, 2.24) is 25.2 Å². The highest BCUT2D eigenvalue weighted by Gasteiger charge is 2.19. The average Bonchev–Trinajstić information content (AvgIpc) is 3.13. The summed E-state index contributed by atoms with van der Waals surface area (Å²) in [7, 11) is 0. The second-order valence-corrected chi connectivity index (χ2v) is 7.39. The van der Waals surface area contributed by atoms with Crippen LogP contribution in [0.15, 0.2) is 24.3 Å². The van der Waals surface area contributed by atoms with Gasteiger partial charge in [0.15, 0.2) is 5.69 Å². The summed E-state index contributed by atoms with van der Waals surface area (Å²) >= 11 is 1.39. The Labute approximate surface area is 150 Å². The van der Waals surface area contributed by atoms with Crippen LogP contribution in [-0.4, -0.2) is 31.1 Å². The Morgan fingerprint density at radius 3 is 2.76 bits per heavy atom. The molecule has 130 valence electrons. The largest absolute Gasteiger partial charge is 0.295 e. The van der Waals surface area contributed by atoms with E-state index in [-0.39, 0.29) is 11.6 Å². The van der Waals surface area contributed by atoms with Crippen molar-refractivity contribution in [3.05, 3.63) is 46.2 Å². The Balaban J connectivity index is 1.78. The van der Waals surface area contributed by atoms with Crippen molar-refractivity contribution in [2.45, 2.75) is 34.1 Å². The molecule has 0 aliphatic rings. The van der Waals surface area contributed by atoms with E-state index in [1.807, 2.05) is 38.1 Å². The van der Waals surface area contributed by atoms with E-state index in [1.54, 1.807) is 4.68 Å². The predicted molar refractivity (Wildman–Crippen MR) is 97.2 cm³/mol. The number of hydrogen-bond donors (Lipinski definition) is 1. The van der Waals surface area contributed by atoms with Crippen LogP contribution in [0.3, 0.4) is 0 Å². The van der Waals surface area contributed by atoms with Crippen molar-refractivity contribution in [3.8, 4) is 5.69 Å². The van der Waals surface area contributed by atoms with E-state index in [4.69, 9.17) is 0 Å². The number of anilines is 1. The number of carbonyl (C=O) groups excluding carboxylic acids is 1. The minimum Gasteiger partial charge on any atom is -0.295 e. The number of amides is 1. The maximum Gasteiger partial charge on any atom is 0.279 e. The highest BCUT2D eigenvalue weighted by atomic mass is 32.1. The molecule has 0 radical (unpaired) electrons. The van der Waals surface area contributed by atoms with Gasteiger partial charge in [0, 0.05) is 6.42 Å². The maximum atomic E-state index is 12.5. The molecular formula is C17H20N6OS. The van der Waals surface area contributed by atoms with E-state index >= 15 is 0 Å². The fourth-order valence-electron chi connectivity index (χ4n) is 2.44. The van der Waals surface area contributed by atoms with Crippen LogP contribution in [0.5, 0.6) is 0 Å². The molecule has 0 saturated carbocycles. The summed E-state index contributed by atoms with van der Waals surface area (Å²) < 4.78 is 1.66. The van der Waals surface area contributed by atoms with Gasteiger partial charge in [-0.1, -0.05) is 42.5 Å². The van der Waals surface area contributed by atoms with Crippen LogP contribution in [0.2, 0.25) is 0 Å². The molecule has 0 unspecified atom stereocenters. The lowest BCUT2D eigenvalue weighted by Gasteiger charge is -2.04. The smallest absolute Gasteiger partial charge is 0.279 e. The van der Waals surface area contributed by atoms with E-state index in [2.05, 4.69) is 39.7 Å². The molecule has 3 rings (SSSR count). The van der Waals surface area contributed by atoms with E-state index in [0.29, 0.717) is 16.7 Å². The first-order valence-electron chi connectivity index (χ1n) is 8.07. The Hall–Kier alpha value is -2.61. The molecule has 0 saturated heterocycles. The fraction of sp³-hybridized carbons (Fsp3) is 0.353. The lowest BCUT2D eigenvalue weighted by molar-refractivity contribution is 0.102. The Kier molecular flexibility index (Phi) is 4.89. The molecule has 0 bridgehead atoms. The SMILES string of the molecule is Cc1cccc(-n2nnc(C(=O)Nc3nnc(CC(C)C)s3)c2C)c1. The van der Waals surface area contributed by atoms with Crippen LogP contribution in [0.1, 0.15) is 40.6 Å². The van der Waals surface area contributed by atoms with Crippen molar-refractivity contribution >= 4 is 22.4 Å². The first-order chi connectivity index (χ1) is 11.9. The molecule has 3 aromatic rings. The van der Waals surface area contributed by atoms with E-state index in [0.717, 1.165) is 22.7 Å². The third kappa shape index (κ3) is 3.90. The molecule has 0 spiro atoms. The van der Waals surface area contributed by atoms with Crippen molar-refractivity contribution < 1.29 is 4.79 Å². The van der Waals surface area contributed by atoms with Gasteiger partial charge >= 0.3 is 0 Å². The summed E-state index contributed by atoms with van der Waals surface area (Å²) in [4.78, 5) is 12.5. The Bertz CT molecular complexity index is 898. The molecule has 0 atom stereocenters. The zero-order valence-corrected chi connectivity index (χ0v) is 15.5. The van der Waals surface area contributed by atoms with E-state index in [1.165, 1.54) is 11.3 Å². The van der Waals surface area contributed by atoms with Gasteiger partial charge in [-0.25, -0.2) is 4.68 Å². The number of aromatic nitrogens is 5. The molecule has 7 nitrogen and oxygen atoms in total. The summed E-state index contributed by atoms with van der Waals surface area (Å²) in [5.41, 5.74) is 2.95. The number of rotatable bonds is 5. The van der Waals surface area contributed by atoms with Crippen LogP contribution in [-0.2, 0) is 6.42 Å². The zero-order chi connectivity index (χ0) is 18.0. The van der Waals surface area contributed by atoms with Gasteiger partial charge in [-0.3, -0.25) is 10.1 Å². The van der Waals surface area contributed by atoms with Gasteiger partial charge in [-0.15, -0.1) is 15.3 Å². The van der Waals surface area contributed by atoms with Crippen LogP contribution in [0, 0.1) is 19.8 Å². The standard InChI is InChI=1S/C17H20N6OS/c1-10(2)8-14-19-21-17(25-14)18-16(24)15-12(4)23(22-20-15)13-7-5-6-11(3)9-13/h5-7,9-10H,8H2,1-4H3,(H,18,21,24). The topological polar surface area (TPSA) is 85.6 Å². The van der Waals surface area contributed by atoms with E-state index < -0.39 is 0 Å². The number of hydrogen-bond acceptors (Lipinski definition) is 6. The van der Waals surface area contributed by atoms with Crippen molar-refractivity contribution in [2.75, 3.05) is 5.32 Å². The highest BCUT2D eigenvalue weighted by Crippen LogP contribution is 2.20. The van der Waals surface area contributed by atoms with Gasteiger partial charge in [0.2, 0.25) is 5.13 Å². The van der Waals surface area contributed by atoms with Crippen molar-refractivity contribution in [2.24, 2.45) is 5.92 Å². The number of nitrogens with one attached hydrogen (secondary N) is 1. The summed E-state index contributed by atoms with van der Waals surface area (Å²) in [6.45, 7) is 8.06. The molecular weight excluding hydrogens is 336 g/mol. The van der Waals surface area contributed by atoms with Crippen LogP contribution in [0.4, 0.5) is 5.13 Å². The van der Waals surface area contributed by atoms with Gasteiger partial charge in [0.05, 0.1) is 11.4 Å². The average molecular weight is 356 g/mol. The van der Waals surface area contributed by atoms with Gasteiger partial charge in [0.1, 0.15) is 5.01 Å². The number of nitrogens with zero attached hydrogens (tertiary/aromatic N) is 5.